The fourth-order valence-corrected chi connectivity index (χ4v) is 3.79. The van der Waals surface area contributed by atoms with Gasteiger partial charge in [-0.15, -0.1) is 0 Å². The topological polar surface area (TPSA) is 123 Å². The molecule has 0 aliphatic heterocycles. The lowest BCUT2D eigenvalue weighted by molar-refractivity contribution is -0.138. The van der Waals surface area contributed by atoms with Crippen LogP contribution < -0.4 is 10.6 Å². The van der Waals surface area contributed by atoms with E-state index in [0.29, 0.717) is 43.9 Å². The molecule has 1 aliphatic carbocycles. The van der Waals surface area contributed by atoms with Crippen LogP contribution in [0.25, 0.3) is 0 Å². The molecule has 0 saturated heterocycles. The second kappa shape index (κ2) is 10.7. The number of carbonyl (C=O) groups is 2. The van der Waals surface area contributed by atoms with Gasteiger partial charge < -0.3 is 20.1 Å². The molecule has 3 rings (SSSR count). The van der Waals surface area contributed by atoms with Crippen molar-refractivity contribution in [3.63, 3.8) is 0 Å². The number of aromatic nitrogens is 4. The molecule has 1 saturated carbocycles. The van der Waals surface area contributed by atoms with Crippen LogP contribution in [0, 0.1) is 0 Å². The lowest BCUT2D eigenvalue weighted by Gasteiger charge is -2.18. The van der Waals surface area contributed by atoms with Crippen molar-refractivity contribution in [3.05, 3.63) is 29.7 Å². The molecule has 1 unspecified atom stereocenters. The van der Waals surface area contributed by atoms with Gasteiger partial charge in [0.15, 0.2) is 5.82 Å². The Hall–Kier alpha value is -3.09. The maximum Gasteiger partial charge on any atom is 0.407 e. The number of alkyl halides is 3. The van der Waals surface area contributed by atoms with E-state index in [2.05, 4.69) is 25.9 Å². The van der Waals surface area contributed by atoms with Gasteiger partial charge in [-0.3, -0.25) is 14.6 Å². The third-order valence-corrected chi connectivity index (χ3v) is 5.30. The first-order valence-electron chi connectivity index (χ1n) is 10.6. The van der Waals surface area contributed by atoms with Crippen molar-refractivity contribution in [1.29, 1.82) is 0 Å². The fraction of sp³-hybridized carbons (Fsp3) is 0.600. The Balaban J connectivity index is 1.49. The van der Waals surface area contributed by atoms with Crippen LogP contribution in [-0.4, -0.2) is 64.0 Å². The first-order chi connectivity index (χ1) is 15.6. The van der Waals surface area contributed by atoms with Crippen LogP contribution >= 0.6 is 0 Å². The lowest BCUT2D eigenvalue weighted by Crippen LogP contribution is -2.37. The highest BCUT2D eigenvalue weighted by Gasteiger charge is 2.33. The van der Waals surface area contributed by atoms with Gasteiger partial charge in [-0.05, 0) is 32.3 Å². The smallest absolute Gasteiger partial charge is 0.407 e. The Kier molecular flexibility index (Phi) is 7.95. The molecule has 1 fully saturated rings. The third-order valence-electron chi connectivity index (χ3n) is 5.30. The molecule has 2 aromatic heterocycles. The van der Waals surface area contributed by atoms with Gasteiger partial charge in [-0.25, -0.2) is 4.79 Å². The average molecular weight is 472 g/mol. The molecule has 3 N–H and O–H groups in total. The zero-order valence-electron chi connectivity index (χ0n) is 18.3. The van der Waals surface area contributed by atoms with Gasteiger partial charge in [0, 0.05) is 37.0 Å². The molecule has 0 spiro atoms. The normalized spacial score (nSPS) is 19.3. The summed E-state index contributed by atoms with van der Waals surface area (Å²) in [7, 11) is 1.56. The molecular weight excluding hydrogens is 445 g/mol. The summed E-state index contributed by atoms with van der Waals surface area (Å²) in [6.45, 7) is 2.12. The number of anilines is 1. The number of ether oxygens (including phenoxy) is 2. The Morgan fingerprint density at radius 3 is 2.88 bits per heavy atom. The molecule has 10 nitrogen and oxygen atoms in total. The van der Waals surface area contributed by atoms with Crippen molar-refractivity contribution in [2.75, 3.05) is 19.0 Å². The molecule has 2 heterocycles. The zero-order chi connectivity index (χ0) is 24.0. The minimum atomic E-state index is -4.36. The summed E-state index contributed by atoms with van der Waals surface area (Å²) < 4.78 is 49.0. The predicted octanol–water partition coefficient (Wildman–Crippen LogP) is 3.21. The maximum atomic E-state index is 12.5. The molecule has 2 aromatic rings. The molecule has 182 valence electrons. The molecule has 3 atom stereocenters. The van der Waals surface area contributed by atoms with Gasteiger partial charge in [0.1, 0.15) is 11.8 Å². The van der Waals surface area contributed by atoms with Crippen LogP contribution in [0.5, 0.6) is 0 Å². The van der Waals surface area contributed by atoms with Gasteiger partial charge in [-0.1, -0.05) is 0 Å². The van der Waals surface area contributed by atoms with Crippen LogP contribution in [0.15, 0.2) is 18.3 Å². The first-order valence-corrected chi connectivity index (χ1v) is 10.6. The zero-order valence-corrected chi connectivity index (χ0v) is 18.3. The molecule has 33 heavy (non-hydrogen) atoms. The number of rotatable bonds is 9. The van der Waals surface area contributed by atoms with E-state index in [1.807, 2.05) is 0 Å². The number of nitrogens with zero attached hydrogens (tertiary/aromatic N) is 3. The van der Waals surface area contributed by atoms with E-state index >= 15 is 0 Å². The number of aromatic amines is 1. The minimum Gasteiger partial charge on any atom is -0.446 e. The summed E-state index contributed by atoms with van der Waals surface area (Å²) in [5.41, 5.74) is 1.15. The van der Waals surface area contributed by atoms with Crippen LogP contribution in [0.3, 0.4) is 0 Å². The summed E-state index contributed by atoms with van der Waals surface area (Å²) in [6, 6.07) is 2.24. The van der Waals surface area contributed by atoms with E-state index in [1.54, 1.807) is 19.2 Å². The highest BCUT2D eigenvalue weighted by Crippen LogP contribution is 2.36. The first kappa shape index (κ1) is 24.6. The van der Waals surface area contributed by atoms with E-state index in [4.69, 9.17) is 9.47 Å². The molecule has 13 heteroatoms. The second-order valence-corrected chi connectivity index (χ2v) is 8.00. The van der Waals surface area contributed by atoms with Gasteiger partial charge >= 0.3 is 12.3 Å². The van der Waals surface area contributed by atoms with E-state index in [9.17, 15) is 22.8 Å². The quantitative estimate of drug-likeness (QED) is 0.515. The summed E-state index contributed by atoms with van der Waals surface area (Å²) in [4.78, 5) is 24.4. The number of nitrogens with one attached hydrogen (secondary N) is 3. The molecule has 2 amide bonds. The standard InChI is InChI=1S/C20H27F3N6O4/c1-12(11-20(21,22)23)25-19(31)33-14-4-3-13(9-14)15-10-17(28-27-15)26-18(30)16-5-6-24-29(16)7-8-32-2/h5-6,10,12-14H,3-4,7-9,11H2,1-2H3,(H,25,31)(H2,26,27,28,30)/t12?,13-,14+/m0/s1. The van der Waals surface area contributed by atoms with Crippen LogP contribution in [0.4, 0.5) is 23.8 Å². The van der Waals surface area contributed by atoms with Crippen molar-refractivity contribution in [1.82, 2.24) is 25.3 Å². The number of H-pyrrole nitrogens is 1. The molecular formula is C20H27F3N6O4. The number of methoxy groups -OCH3 is 1. The number of amides is 2. The number of alkyl carbamates (subject to hydrolysis) is 1. The average Bonchev–Trinajstić information content (AvgIpc) is 3.45. The van der Waals surface area contributed by atoms with Crippen LogP contribution in [0.2, 0.25) is 0 Å². The highest BCUT2D eigenvalue weighted by atomic mass is 19.4. The number of hydrogen-bond donors (Lipinski definition) is 3. The van der Waals surface area contributed by atoms with Crippen molar-refractivity contribution >= 4 is 17.8 Å². The number of halogens is 3. The van der Waals surface area contributed by atoms with Gasteiger partial charge in [0.2, 0.25) is 0 Å². The minimum absolute atomic E-state index is 0.0146. The van der Waals surface area contributed by atoms with E-state index in [1.165, 1.54) is 17.8 Å². The van der Waals surface area contributed by atoms with E-state index in [0.717, 1.165) is 5.69 Å². The molecule has 1 aliphatic rings. The van der Waals surface area contributed by atoms with Crippen molar-refractivity contribution < 1.29 is 32.2 Å². The van der Waals surface area contributed by atoms with Gasteiger partial charge in [-0.2, -0.15) is 23.4 Å². The van der Waals surface area contributed by atoms with Crippen molar-refractivity contribution in [2.45, 2.75) is 63.4 Å². The Labute approximate surface area is 188 Å². The summed E-state index contributed by atoms with van der Waals surface area (Å²) in [6.07, 6.45) is -3.45. The number of hydrogen-bond acceptors (Lipinski definition) is 6. The largest absolute Gasteiger partial charge is 0.446 e. The monoisotopic (exact) mass is 472 g/mol. The Morgan fingerprint density at radius 1 is 1.36 bits per heavy atom. The maximum absolute atomic E-state index is 12.5. The highest BCUT2D eigenvalue weighted by molar-refractivity contribution is 6.02. The summed E-state index contributed by atoms with van der Waals surface area (Å²) in [5.74, 6) is -0.00251. The van der Waals surface area contributed by atoms with Gasteiger partial charge in [0.25, 0.3) is 5.91 Å². The summed E-state index contributed by atoms with van der Waals surface area (Å²) in [5, 5.41) is 16.0. The Morgan fingerprint density at radius 2 is 2.15 bits per heavy atom. The second-order valence-electron chi connectivity index (χ2n) is 8.00. The Bertz CT molecular complexity index is 944. The fourth-order valence-electron chi connectivity index (χ4n) is 3.79. The predicted molar refractivity (Wildman–Crippen MR) is 111 cm³/mol. The molecule has 0 radical (unpaired) electrons. The molecule has 0 bridgehead atoms. The third kappa shape index (κ3) is 7.20. The van der Waals surface area contributed by atoms with Crippen molar-refractivity contribution in [2.24, 2.45) is 0 Å². The van der Waals surface area contributed by atoms with Gasteiger partial charge in [0.05, 0.1) is 19.6 Å². The van der Waals surface area contributed by atoms with Crippen molar-refractivity contribution in [3.8, 4) is 0 Å². The number of carbonyl (C=O) groups excluding carboxylic acids is 2. The van der Waals surface area contributed by atoms with Crippen LogP contribution in [-0.2, 0) is 16.0 Å². The lowest BCUT2D eigenvalue weighted by atomic mass is 10.0. The van der Waals surface area contributed by atoms with E-state index in [-0.39, 0.29) is 11.8 Å². The summed E-state index contributed by atoms with van der Waals surface area (Å²) >= 11 is 0. The van der Waals surface area contributed by atoms with E-state index < -0.39 is 30.8 Å². The SMILES string of the molecule is COCCn1nccc1C(=O)Nc1cc([C@H]2CC[C@@H](OC(=O)NC(C)CC(F)(F)F)C2)[nH]n1. The molecule has 0 aromatic carbocycles. The van der Waals surface area contributed by atoms with Crippen LogP contribution in [0.1, 0.15) is 54.7 Å².